The minimum atomic E-state index is 0.168. The van der Waals surface area contributed by atoms with Gasteiger partial charge in [0.1, 0.15) is 5.03 Å². The van der Waals surface area contributed by atoms with Crippen molar-refractivity contribution in [2.45, 2.75) is 23.3 Å². The number of aromatic nitrogens is 2. The molecule has 2 rings (SSSR count). The molecule has 0 aliphatic carbocycles. The fourth-order valence-electron chi connectivity index (χ4n) is 1.37. The van der Waals surface area contributed by atoms with Gasteiger partial charge in [-0.05, 0) is 12.1 Å². The fourth-order valence-corrected chi connectivity index (χ4v) is 2.11. The van der Waals surface area contributed by atoms with Crippen molar-refractivity contribution in [3.63, 3.8) is 0 Å². The molecule has 0 atom stereocenters. The Morgan fingerprint density at radius 1 is 1.24 bits per heavy atom. The van der Waals surface area contributed by atoms with Gasteiger partial charge in [0.15, 0.2) is 5.78 Å². The third-order valence-corrected chi connectivity index (χ3v) is 3.19. The Balaban J connectivity index is 2.11. The van der Waals surface area contributed by atoms with Gasteiger partial charge in [0.2, 0.25) is 0 Å². The first-order chi connectivity index (χ1) is 8.29. The quantitative estimate of drug-likeness (QED) is 0.774. The average molecular weight is 244 g/mol. The van der Waals surface area contributed by atoms with Crippen LogP contribution in [-0.4, -0.2) is 15.8 Å². The van der Waals surface area contributed by atoms with Gasteiger partial charge in [0, 0.05) is 29.3 Å². The van der Waals surface area contributed by atoms with Gasteiger partial charge in [-0.1, -0.05) is 30.8 Å². The molecule has 0 saturated carbocycles. The van der Waals surface area contributed by atoms with Gasteiger partial charge in [0.05, 0.1) is 6.20 Å². The summed E-state index contributed by atoms with van der Waals surface area (Å²) in [5.74, 6) is 0.168. The second-order valence-electron chi connectivity index (χ2n) is 3.45. The van der Waals surface area contributed by atoms with Crippen molar-refractivity contribution >= 4 is 17.5 Å². The molecule has 0 fully saturated rings. The molecule has 4 heteroatoms. The molecule has 0 spiro atoms. The van der Waals surface area contributed by atoms with E-state index in [1.165, 1.54) is 11.8 Å². The van der Waals surface area contributed by atoms with Crippen LogP contribution in [0.15, 0.2) is 52.8 Å². The van der Waals surface area contributed by atoms with Crippen molar-refractivity contribution in [1.29, 1.82) is 0 Å². The third-order valence-electron chi connectivity index (χ3n) is 2.26. The van der Waals surface area contributed by atoms with Gasteiger partial charge < -0.3 is 0 Å². The summed E-state index contributed by atoms with van der Waals surface area (Å²) < 4.78 is 0. The van der Waals surface area contributed by atoms with Crippen molar-refractivity contribution in [2.24, 2.45) is 0 Å². The van der Waals surface area contributed by atoms with Crippen LogP contribution in [0.25, 0.3) is 0 Å². The number of nitrogens with zero attached hydrogens (tertiary/aromatic N) is 2. The van der Waals surface area contributed by atoms with E-state index in [0.29, 0.717) is 6.42 Å². The zero-order valence-corrected chi connectivity index (χ0v) is 10.3. The topological polar surface area (TPSA) is 42.9 Å². The van der Waals surface area contributed by atoms with Crippen LogP contribution in [0.1, 0.15) is 23.7 Å². The molecule has 0 unspecified atom stereocenters. The Morgan fingerprint density at radius 3 is 2.59 bits per heavy atom. The maximum absolute atomic E-state index is 11.5. The molecule has 0 saturated heterocycles. The number of Topliss-reactive ketones (excluding diaryl/α,β-unsaturated/α-hetero) is 1. The lowest BCUT2D eigenvalue weighted by molar-refractivity contribution is 0.0988. The van der Waals surface area contributed by atoms with E-state index in [1.54, 1.807) is 18.6 Å². The summed E-state index contributed by atoms with van der Waals surface area (Å²) in [5.41, 5.74) is 0.760. The van der Waals surface area contributed by atoms with E-state index in [0.717, 1.165) is 15.5 Å². The zero-order valence-electron chi connectivity index (χ0n) is 9.46. The summed E-state index contributed by atoms with van der Waals surface area (Å²) >= 11 is 1.53. The smallest absolute Gasteiger partial charge is 0.162 e. The summed E-state index contributed by atoms with van der Waals surface area (Å²) in [6.45, 7) is 1.87. The summed E-state index contributed by atoms with van der Waals surface area (Å²) in [4.78, 5) is 20.7. The second-order valence-corrected chi connectivity index (χ2v) is 4.54. The maximum Gasteiger partial charge on any atom is 0.162 e. The largest absolute Gasteiger partial charge is 0.294 e. The molecule has 17 heavy (non-hydrogen) atoms. The van der Waals surface area contributed by atoms with Crippen LogP contribution in [0.3, 0.4) is 0 Å². The molecule has 1 aromatic heterocycles. The summed E-state index contributed by atoms with van der Waals surface area (Å²) in [7, 11) is 0. The van der Waals surface area contributed by atoms with Gasteiger partial charge in [-0.25, -0.2) is 4.98 Å². The number of carbonyl (C=O) groups excluding carboxylic acids is 1. The Labute approximate surface area is 104 Å². The lowest BCUT2D eigenvalue weighted by atomic mass is 10.1. The Bertz CT molecular complexity index is 497. The minimum Gasteiger partial charge on any atom is -0.294 e. The number of rotatable bonds is 4. The van der Waals surface area contributed by atoms with E-state index in [4.69, 9.17) is 0 Å². The van der Waals surface area contributed by atoms with Gasteiger partial charge in [-0.3, -0.25) is 9.78 Å². The van der Waals surface area contributed by atoms with Crippen LogP contribution in [0.5, 0.6) is 0 Å². The van der Waals surface area contributed by atoms with E-state index >= 15 is 0 Å². The van der Waals surface area contributed by atoms with E-state index in [9.17, 15) is 4.79 Å². The molecule has 0 amide bonds. The zero-order chi connectivity index (χ0) is 12.1. The fraction of sp³-hybridized carbons (Fsp3) is 0.154. The molecule has 2 aromatic rings. The molecule has 0 N–H and O–H groups in total. The molecule has 1 heterocycles. The predicted octanol–water partition coefficient (Wildman–Crippen LogP) is 3.22. The first kappa shape index (κ1) is 11.8. The van der Waals surface area contributed by atoms with Crippen LogP contribution in [-0.2, 0) is 0 Å². The van der Waals surface area contributed by atoms with Crippen molar-refractivity contribution in [3.8, 4) is 0 Å². The molecule has 0 bridgehead atoms. The first-order valence-corrected chi connectivity index (χ1v) is 6.18. The highest BCUT2D eigenvalue weighted by Gasteiger charge is 2.03. The summed E-state index contributed by atoms with van der Waals surface area (Å²) in [6.07, 6.45) is 5.57. The molecule has 0 radical (unpaired) electrons. The lowest BCUT2D eigenvalue weighted by Crippen LogP contribution is -1.95. The normalized spacial score (nSPS) is 10.2. The third kappa shape index (κ3) is 3.14. The number of carbonyl (C=O) groups is 1. The van der Waals surface area contributed by atoms with Crippen molar-refractivity contribution in [2.75, 3.05) is 0 Å². The predicted molar refractivity (Wildman–Crippen MR) is 67.2 cm³/mol. The standard InChI is InChI=1S/C13H12N2OS/c1-2-12(16)10-3-5-11(6-4-10)17-13-9-14-7-8-15-13/h3-9H,2H2,1H3. The molecule has 0 aliphatic rings. The van der Waals surface area contributed by atoms with Gasteiger partial charge >= 0.3 is 0 Å². The van der Waals surface area contributed by atoms with Crippen LogP contribution < -0.4 is 0 Å². The molecular formula is C13H12N2OS. The molecule has 0 aliphatic heterocycles. The Hall–Kier alpha value is -1.68. The number of hydrogen-bond acceptors (Lipinski definition) is 4. The Kier molecular flexibility index (Phi) is 3.88. The highest BCUT2D eigenvalue weighted by atomic mass is 32.2. The minimum absolute atomic E-state index is 0.168. The first-order valence-electron chi connectivity index (χ1n) is 5.36. The second kappa shape index (κ2) is 5.59. The highest BCUT2D eigenvalue weighted by Crippen LogP contribution is 2.25. The van der Waals surface area contributed by atoms with Crippen molar-refractivity contribution in [3.05, 3.63) is 48.4 Å². The van der Waals surface area contributed by atoms with Crippen molar-refractivity contribution < 1.29 is 4.79 Å². The van der Waals surface area contributed by atoms with Gasteiger partial charge in [-0.2, -0.15) is 0 Å². The van der Waals surface area contributed by atoms with E-state index in [-0.39, 0.29) is 5.78 Å². The van der Waals surface area contributed by atoms with E-state index in [1.807, 2.05) is 31.2 Å². The SMILES string of the molecule is CCC(=O)c1ccc(Sc2cnccn2)cc1. The molecule has 86 valence electrons. The summed E-state index contributed by atoms with van der Waals surface area (Å²) in [5, 5.41) is 0.849. The molecule has 3 nitrogen and oxygen atoms in total. The molecular weight excluding hydrogens is 232 g/mol. The Morgan fingerprint density at radius 2 is 2.00 bits per heavy atom. The van der Waals surface area contributed by atoms with E-state index < -0.39 is 0 Å². The van der Waals surface area contributed by atoms with E-state index in [2.05, 4.69) is 9.97 Å². The summed E-state index contributed by atoms with van der Waals surface area (Å²) in [6, 6.07) is 7.57. The number of benzene rings is 1. The van der Waals surface area contributed by atoms with Crippen LogP contribution >= 0.6 is 11.8 Å². The highest BCUT2D eigenvalue weighted by molar-refractivity contribution is 7.99. The van der Waals surface area contributed by atoms with Crippen molar-refractivity contribution in [1.82, 2.24) is 9.97 Å². The number of hydrogen-bond donors (Lipinski definition) is 0. The van der Waals surface area contributed by atoms with Gasteiger partial charge in [-0.15, -0.1) is 0 Å². The average Bonchev–Trinajstić information content (AvgIpc) is 2.40. The monoisotopic (exact) mass is 244 g/mol. The van der Waals surface area contributed by atoms with Crippen LogP contribution in [0.2, 0.25) is 0 Å². The van der Waals surface area contributed by atoms with Gasteiger partial charge in [0.25, 0.3) is 0 Å². The van der Waals surface area contributed by atoms with Crippen LogP contribution in [0, 0.1) is 0 Å². The number of ketones is 1. The lowest BCUT2D eigenvalue weighted by Gasteiger charge is -2.01. The molecule has 1 aromatic carbocycles. The maximum atomic E-state index is 11.5. The van der Waals surface area contributed by atoms with Crippen LogP contribution in [0.4, 0.5) is 0 Å².